The first-order valence-electron chi connectivity index (χ1n) is 8.51. The third kappa shape index (κ3) is 11.2. The summed E-state index contributed by atoms with van der Waals surface area (Å²) in [5.74, 6) is 1.57. The molecule has 22 heavy (non-hydrogen) atoms. The zero-order valence-electron chi connectivity index (χ0n) is 13.9. The van der Waals surface area contributed by atoms with Crippen molar-refractivity contribution in [3.63, 3.8) is 0 Å². The van der Waals surface area contributed by atoms with Gasteiger partial charge >= 0.3 is 5.97 Å². The Hall–Kier alpha value is -0.367. The van der Waals surface area contributed by atoms with Crippen LogP contribution in [0, 0.1) is 0 Å². The molecule has 0 saturated heterocycles. The number of aryl methyl sites for hydroxylation is 2. The third-order valence-corrected chi connectivity index (χ3v) is 3.81. The second kappa shape index (κ2) is 14.2. The Kier molecular flexibility index (Phi) is 14.0. The molecule has 1 rings (SSSR count). The third-order valence-electron chi connectivity index (χ3n) is 3.81. The molecule has 0 spiro atoms. The van der Waals surface area contributed by atoms with E-state index < -0.39 is 5.97 Å². The van der Waals surface area contributed by atoms with Gasteiger partial charge in [-0.2, -0.15) is 0 Å². The van der Waals surface area contributed by atoms with E-state index in [0.29, 0.717) is 6.42 Å². The Morgan fingerprint density at radius 1 is 0.909 bits per heavy atom. The van der Waals surface area contributed by atoms with E-state index in [2.05, 4.69) is 19.1 Å². The quantitative estimate of drug-likeness (QED) is 0.465. The van der Waals surface area contributed by atoms with Crippen LogP contribution in [0.1, 0.15) is 82.7 Å². The average molecular weight is 386 g/mol. The molecule has 0 aromatic carbocycles. The van der Waals surface area contributed by atoms with Crippen LogP contribution in [-0.2, 0) is 43.8 Å². The van der Waals surface area contributed by atoms with Gasteiger partial charge in [-0.3, -0.25) is 4.79 Å². The number of carbonyl (C=O) groups is 1. The summed E-state index contributed by atoms with van der Waals surface area (Å²) in [5, 5.41) is 8.54. The topological polar surface area (TPSA) is 50.4 Å². The van der Waals surface area contributed by atoms with Crippen LogP contribution in [0.3, 0.4) is 0 Å². The molecular weight excluding hydrogens is 355 g/mol. The molecule has 0 amide bonds. The fourth-order valence-electron chi connectivity index (χ4n) is 2.52. The Balaban J connectivity index is 0.00000441. The zero-order valence-corrected chi connectivity index (χ0v) is 16.4. The number of carboxylic acid groups (broad SMARTS) is 1. The van der Waals surface area contributed by atoms with Crippen molar-refractivity contribution in [2.75, 3.05) is 0 Å². The van der Waals surface area contributed by atoms with Crippen molar-refractivity contribution in [3.05, 3.63) is 23.7 Å². The number of hydrogen-bond donors (Lipinski definition) is 1. The molecule has 4 heteroatoms. The molecule has 0 atom stereocenters. The molecule has 0 aliphatic carbocycles. The predicted molar refractivity (Wildman–Crippen MR) is 85.6 cm³/mol. The minimum atomic E-state index is -0.678. The van der Waals surface area contributed by atoms with E-state index in [4.69, 9.17) is 9.52 Å². The van der Waals surface area contributed by atoms with Crippen LogP contribution in [0.15, 0.2) is 16.5 Å². The SMILES string of the molecule is CCCCCc1ccc(CCCCCCCCC(=O)O)o1.[Zr]. The first kappa shape index (κ1) is 21.6. The number of furan rings is 1. The number of aliphatic carboxylic acids is 1. The van der Waals surface area contributed by atoms with Gasteiger partial charge in [0.1, 0.15) is 11.5 Å². The van der Waals surface area contributed by atoms with Crippen molar-refractivity contribution in [2.45, 2.75) is 84.0 Å². The van der Waals surface area contributed by atoms with E-state index in [1.165, 1.54) is 38.5 Å². The monoisotopic (exact) mass is 384 g/mol. The van der Waals surface area contributed by atoms with E-state index in [9.17, 15) is 4.79 Å². The van der Waals surface area contributed by atoms with Gasteiger partial charge in [-0.05, 0) is 31.4 Å². The van der Waals surface area contributed by atoms with Crippen molar-refractivity contribution < 1.29 is 40.5 Å². The van der Waals surface area contributed by atoms with E-state index in [1.54, 1.807) is 0 Å². The Labute approximate surface area is 154 Å². The minimum Gasteiger partial charge on any atom is -0.481 e. The maximum Gasteiger partial charge on any atom is 0.303 e. The smallest absolute Gasteiger partial charge is 0.303 e. The summed E-state index contributed by atoms with van der Waals surface area (Å²) < 4.78 is 5.84. The summed E-state index contributed by atoms with van der Waals surface area (Å²) in [4.78, 5) is 10.4. The van der Waals surface area contributed by atoms with Gasteiger partial charge in [0.2, 0.25) is 0 Å². The van der Waals surface area contributed by atoms with E-state index in [1.807, 2.05) is 0 Å². The van der Waals surface area contributed by atoms with Gasteiger partial charge in [0.25, 0.3) is 0 Å². The molecule has 0 aliphatic rings. The van der Waals surface area contributed by atoms with Gasteiger partial charge in [-0.25, -0.2) is 0 Å². The average Bonchev–Trinajstić information content (AvgIpc) is 2.89. The van der Waals surface area contributed by atoms with Crippen LogP contribution in [0.4, 0.5) is 0 Å². The first-order chi connectivity index (χ1) is 10.2. The van der Waals surface area contributed by atoms with Gasteiger partial charge in [-0.1, -0.05) is 45.4 Å². The Morgan fingerprint density at radius 3 is 1.95 bits per heavy atom. The molecule has 0 radical (unpaired) electrons. The summed E-state index contributed by atoms with van der Waals surface area (Å²) in [6.45, 7) is 2.22. The van der Waals surface area contributed by atoms with Crippen LogP contribution in [0.5, 0.6) is 0 Å². The molecule has 1 heterocycles. The summed E-state index contributed by atoms with van der Waals surface area (Å²) in [7, 11) is 0. The minimum absolute atomic E-state index is 0. The number of rotatable bonds is 13. The molecular formula is C18H30O3Zr. The van der Waals surface area contributed by atoms with Crippen molar-refractivity contribution >= 4 is 5.97 Å². The molecule has 0 aliphatic heterocycles. The number of hydrogen-bond acceptors (Lipinski definition) is 2. The second-order valence-corrected chi connectivity index (χ2v) is 5.84. The van der Waals surface area contributed by atoms with E-state index >= 15 is 0 Å². The van der Waals surface area contributed by atoms with Crippen LogP contribution < -0.4 is 0 Å². The number of carboxylic acids is 1. The molecule has 0 saturated carbocycles. The summed E-state index contributed by atoms with van der Waals surface area (Å²) in [6.07, 6.45) is 12.7. The molecule has 0 bridgehead atoms. The molecule has 1 aromatic rings. The standard InChI is InChI=1S/C18H30O3.Zr/c1-2-3-8-11-16-14-15-17(21-16)12-9-6-4-5-7-10-13-18(19)20;/h14-15H,2-13H2,1H3,(H,19,20);. The van der Waals surface area contributed by atoms with Crippen molar-refractivity contribution in [1.29, 1.82) is 0 Å². The fourth-order valence-corrected chi connectivity index (χ4v) is 2.52. The van der Waals surface area contributed by atoms with Gasteiger partial charge < -0.3 is 9.52 Å². The molecule has 1 aromatic heterocycles. The zero-order chi connectivity index (χ0) is 15.3. The molecule has 0 unspecified atom stereocenters. The molecule has 0 fully saturated rings. The maximum atomic E-state index is 10.4. The van der Waals surface area contributed by atoms with Crippen molar-refractivity contribution in [2.24, 2.45) is 0 Å². The molecule has 3 nitrogen and oxygen atoms in total. The second-order valence-electron chi connectivity index (χ2n) is 5.84. The van der Waals surface area contributed by atoms with Crippen molar-refractivity contribution in [3.8, 4) is 0 Å². The number of unbranched alkanes of at least 4 members (excludes halogenated alkanes) is 7. The molecule has 124 valence electrons. The van der Waals surface area contributed by atoms with Gasteiger partial charge in [0.05, 0.1) is 0 Å². The summed E-state index contributed by atoms with van der Waals surface area (Å²) in [6, 6.07) is 4.24. The van der Waals surface area contributed by atoms with Gasteiger partial charge in [0.15, 0.2) is 0 Å². The van der Waals surface area contributed by atoms with Crippen LogP contribution >= 0.6 is 0 Å². The largest absolute Gasteiger partial charge is 0.481 e. The van der Waals surface area contributed by atoms with Gasteiger partial charge in [-0.15, -0.1) is 0 Å². The first-order valence-corrected chi connectivity index (χ1v) is 8.51. The maximum absolute atomic E-state index is 10.4. The van der Waals surface area contributed by atoms with Crippen LogP contribution in [0.2, 0.25) is 0 Å². The Bertz CT molecular complexity index is 387. The van der Waals surface area contributed by atoms with E-state index in [0.717, 1.165) is 43.6 Å². The normalized spacial score (nSPS) is 10.4. The predicted octanol–water partition coefficient (Wildman–Crippen LogP) is 5.37. The fraction of sp³-hybridized carbons (Fsp3) is 0.722. The summed E-state index contributed by atoms with van der Waals surface area (Å²) >= 11 is 0. The van der Waals surface area contributed by atoms with Gasteiger partial charge in [0, 0.05) is 45.5 Å². The van der Waals surface area contributed by atoms with Crippen LogP contribution in [0.25, 0.3) is 0 Å². The Morgan fingerprint density at radius 2 is 1.41 bits per heavy atom. The molecule has 1 N–H and O–H groups in total. The van der Waals surface area contributed by atoms with Crippen molar-refractivity contribution in [1.82, 2.24) is 0 Å². The summed E-state index contributed by atoms with van der Waals surface area (Å²) in [5.41, 5.74) is 0. The van der Waals surface area contributed by atoms with E-state index in [-0.39, 0.29) is 26.2 Å². The van der Waals surface area contributed by atoms with Crippen LogP contribution in [-0.4, -0.2) is 11.1 Å².